The normalized spacial score (nSPS) is 10.4. The quantitative estimate of drug-likeness (QED) is 0.689. The third kappa shape index (κ3) is 6.21. The summed E-state index contributed by atoms with van der Waals surface area (Å²) in [5.41, 5.74) is 1.67. The van der Waals surface area contributed by atoms with Gasteiger partial charge in [0, 0.05) is 41.5 Å². The van der Waals surface area contributed by atoms with Crippen molar-refractivity contribution in [2.75, 3.05) is 19.8 Å². The van der Waals surface area contributed by atoms with Crippen LogP contribution in [-0.4, -0.2) is 36.6 Å². The topological polar surface area (TPSA) is 49.4 Å². The van der Waals surface area contributed by atoms with Gasteiger partial charge in [-0.1, -0.05) is 28.1 Å². The first-order chi connectivity index (χ1) is 12.0. The second kappa shape index (κ2) is 9.63. The average molecular weight is 421 g/mol. The lowest BCUT2D eigenvalue weighted by Crippen LogP contribution is -2.31. The highest BCUT2D eigenvalue weighted by Gasteiger charge is 2.11. The molecule has 2 aromatic carbocycles. The van der Waals surface area contributed by atoms with Crippen molar-refractivity contribution in [1.29, 1.82) is 0 Å². The predicted octanol–water partition coefficient (Wildman–Crippen LogP) is 3.95. The van der Waals surface area contributed by atoms with Gasteiger partial charge < -0.3 is 10.2 Å². The predicted molar refractivity (Wildman–Crippen MR) is 106 cm³/mol. The van der Waals surface area contributed by atoms with Gasteiger partial charge in [-0.05, 0) is 48.2 Å². The molecule has 4 nitrogen and oxygen atoms in total. The van der Waals surface area contributed by atoms with Crippen molar-refractivity contribution in [3.05, 3.63) is 64.1 Å². The summed E-state index contributed by atoms with van der Waals surface area (Å²) in [6.45, 7) is 0.887. The van der Waals surface area contributed by atoms with Crippen LogP contribution in [0.2, 0.25) is 0 Å². The highest BCUT2D eigenvalue weighted by Crippen LogP contribution is 2.15. The van der Waals surface area contributed by atoms with E-state index in [-0.39, 0.29) is 18.2 Å². The van der Waals surface area contributed by atoms with Gasteiger partial charge in [0.2, 0.25) is 5.91 Å². The van der Waals surface area contributed by atoms with Crippen molar-refractivity contribution >= 4 is 39.5 Å². The summed E-state index contributed by atoms with van der Waals surface area (Å²) in [6.07, 6.45) is 2.31. The van der Waals surface area contributed by atoms with Crippen molar-refractivity contribution in [3.8, 4) is 0 Å². The number of benzene rings is 2. The number of thioether (sulfide) groups is 1. The fourth-order valence-corrected chi connectivity index (χ4v) is 2.94. The van der Waals surface area contributed by atoms with Gasteiger partial charge in [-0.25, -0.2) is 0 Å². The zero-order valence-corrected chi connectivity index (χ0v) is 16.7. The number of amides is 2. The number of rotatable bonds is 7. The molecule has 0 aromatic heterocycles. The number of nitrogens with one attached hydrogen (secondary N) is 1. The molecule has 0 heterocycles. The van der Waals surface area contributed by atoms with Crippen LogP contribution >= 0.6 is 27.7 Å². The van der Waals surface area contributed by atoms with E-state index in [0.717, 1.165) is 10.0 Å². The molecule has 0 fully saturated rings. The van der Waals surface area contributed by atoms with Crippen molar-refractivity contribution in [2.24, 2.45) is 0 Å². The molecule has 2 amide bonds. The SMILES string of the molecule is CSc1ccc(CN(C)C(=O)CCNC(=O)c2ccc(Br)cc2)cc1. The summed E-state index contributed by atoms with van der Waals surface area (Å²) in [6, 6.07) is 15.3. The molecule has 0 unspecified atom stereocenters. The van der Waals surface area contributed by atoms with E-state index in [1.807, 2.05) is 30.5 Å². The molecule has 1 N–H and O–H groups in total. The van der Waals surface area contributed by atoms with Gasteiger partial charge >= 0.3 is 0 Å². The second-order valence-electron chi connectivity index (χ2n) is 5.61. The minimum atomic E-state index is -0.171. The maximum absolute atomic E-state index is 12.2. The Morgan fingerprint density at radius 2 is 1.72 bits per heavy atom. The summed E-state index contributed by atoms with van der Waals surface area (Å²) in [5.74, 6) is -0.166. The first kappa shape index (κ1) is 19.5. The molecule has 0 atom stereocenters. The van der Waals surface area contributed by atoms with E-state index in [1.165, 1.54) is 4.90 Å². The van der Waals surface area contributed by atoms with E-state index in [4.69, 9.17) is 0 Å². The number of halogens is 1. The van der Waals surface area contributed by atoms with Crippen molar-refractivity contribution in [3.63, 3.8) is 0 Å². The van der Waals surface area contributed by atoms with E-state index in [9.17, 15) is 9.59 Å². The van der Waals surface area contributed by atoms with Gasteiger partial charge in [-0.15, -0.1) is 11.8 Å². The van der Waals surface area contributed by atoms with Crippen LogP contribution < -0.4 is 5.32 Å². The second-order valence-corrected chi connectivity index (χ2v) is 7.41. The summed E-state index contributed by atoms with van der Waals surface area (Å²) < 4.78 is 0.923. The highest BCUT2D eigenvalue weighted by atomic mass is 79.9. The first-order valence-corrected chi connectivity index (χ1v) is 9.92. The van der Waals surface area contributed by atoms with Gasteiger partial charge in [0.25, 0.3) is 5.91 Å². The van der Waals surface area contributed by atoms with Gasteiger partial charge in [-0.3, -0.25) is 9.59 Å². The molecule has 25 heavy (non-hydrogen) atoms. The number of hydrogen-bond acceptors (Lipinski definition) is 3. The summed E-state index contributed by atoms with van der Waals surface area (Å²) >= 11 is 5.03. The van der Waals surface area contributed by atoms with Crippen molar-refractivity contribution in [2.45, 2.75) is 17.9 Å². The Balaban J connectivity index is 1.76. The maximum Gasteiger partial charge on any atom is 0.251 e. The Bertz CT molecular complexity index is 717. The molecular weight excluding hydrogens is 400 g/mol. The number of nitrogens with zero attached hydrogens (tertiary/aromatic N) is 1. The lowest BCUT2D eigenvalue weighted by molar-refractivity contribution is -0.130. The molecule has 0 aliphatic rings. The molecule has 0 saturated heterocycles. The molecule has 0 saturated carbocycles. The Morgan fingerprint density at radius 3 is 2.32 bits per heavy atom. The Hall–Kier alpha value is -1.79. The van der Waals surface area contributed by atoms with Crippen LogP contribution in [0.15, 0.2) is 57.9 Å². The maximum atomic E-state index is 12.2. The summed E-state index contributed by atoms with van der Waals surface area (Å²) in [7, 11) is 1.78. The zero-order chi connectivity index (χ0) is 18.2. The fraction of sp³-hybridized carbons (Fsp3) is 0.263. The number of carbonyl (C=O) groups is 2. The molecule has 2 rings (SSSR count). The van der Waals surface area contributed by atoms with E-state index >= 15 is 0 Å². The fourth-order valence-electron chi connectivity index (χ4n) is 2.27. The van der Waals surface area contributed by atoms with Crippen LogP contribution in [0.4, 0.5) is 0 Å². The largest absolute Gasteiger partial charge is 0.352 e. The van der Waals surface area contributed by atoms with E-state index in [1.54, 1.807) is 35.8 Å². The van der Waals surface area contributed by atoms with Gasteiger partial charge in [-0.2, -0.15) is 0 Å². The molecule has 2 aromatic rings. The van der Waals surface area contributed by atoms with E-state index in [2.05, 4.69) is 33.4 Å². The molecular formula is C19H21BrN2O2S. The molecule has 0 radical (unpaired) electrons. The molecule has 0 spiro atoms. The molecule has 6 heteroatoms. The van der Waals surface area contributed by atoms with Crippen LogP contribution in [0.1, 0.15) is 22.3 Å². The lowest BCUT2D eigenvalue weighted by Gasteiger charge is -2.17. The first-order valence-electron chi connectivity index (χ1n) is 7.90. The van der Waals surface area contributed by atoms with Gasteiger partial charge in [0.1, 0.15) is 0 Å². The monoisotopic (exact) mass is 420 g/mol. The average Bonchev–Trinajstić information content (AvgIpc) is 2.62. The third-order valence-electron chi connectivity index (χ3n) is 3.74. The zero-order valence-electron chi connectivity index (χ0n) is 14.3. The molecule has 0 aliphatic heterocycles. The Labute approximate surface area is 161 Å². The molecule has 0 aliphatic carbocycles. The van der Waals surface area contributed by atoms with Crippen LogP contribution in [0.3, 0.4) is 0 Å². The number of carbonyl (C=O) groups excluding carboxylic acids is 2. The standard InChI is InChI=1S/C19H21BrN2O2S/c1-22(13-14-3-9-17(25-2)10-4-14)18(23)11-12-21-19(24)15-5-7-16(20)8-6-15/h3-10H,11-13H2,1-2H3,(H,21,24). The van der Waals surface area contributed by atoms with Crippen molar-refractivity contribution < 1.29 is 9.59 Å². The van der Waals surface area contributed by atoms with Crippen LogP contribution in [0.5, 0.6) is 0 Å². The molecule has 0 bridgehead atoms. The minimum absolute atomic E-state index is 0.00468. The smallest absolute Gasteiger partial charge is 0.251 e. The lowest BCUT2D eigenvalue weighted by atomic mass is 10.2. The van der Waals surface area contributed by atoms with Crippen molar-refractivity contribution in [1.82, 2.24) is 10.2 Å². The van der Waals surface area contributed by atoms with Crippen LogP contribution in [0.25, 0.3) is 0 Å². The Morgan fingerprint density at radius 1 is 1.08 bits per heavy atom. The van der Waals surface area contributed by atoms with Crippen LogP contribution in [0, 0.1) is 0 Å². The van der Waals surface area contributed by atoms with E-state index < -0.39 is 0 Å². The highest BCUT2D eigenvalue weighted by molar-refractivity contribution is 9.10. The van der Waals surface area contributed by atoms with Gasteiger partial charge in [0.05, 0.1) is 0 Å². The van der Waals surface area contributed by atoms with E-state index in [0.29, 0.717) is 18.7 Å². The summed E-state index contributed by atoms with van der Waals surface area (Å²) in [4.78, 5) is 27.1. The van der Waals surface area contributed by atoms with Crippen LogP contribution in [-0.2, 0) is 11.3 Å². The van der Waals surface area contributed by atoms with Gasteiger partial charge in [0.15, 0.2) is 0 Å². The number of hydrogen-bond donors (Lipinski definition) is 1. The third-order valence-corrected chi connectivity index (χ3v) is 5.01. The minimum Gasteiger partial charge on any atom is -0.352 e. The molecule has 132 valence electrons. The Kier molecular flexibility index (Phi) is 7.52. The summed E-state index contributed by atoms with van der Waals surface area (Å²) in [5, 5.41) is 2.78.